The average molecular weight is 298 g/mol. The Bertz CT molecular complexity index is 229. The van der Waals surface area contributed by atoms with Crippen molar-refractivity contribution in [2.24, 2.45) is 0 Å². The summed E-state index contributed by atoms with van der Waals surface area (Å²) < 4.78 is 10.8. The van der Waals surface area contributed by atoms with Crippen LogP contribution in [0.15, 0.2) is 0 Å². The fraction of sp³-hybridized carbons (Fsp3) is 1.00. The molecule has 1 heterocycles. The molecule has 2 unspecified atom stereocenters. The first kappa shape index (κ1) is 16.6. The maximum atomic E-state index is 9.73. The lowest BCUT2D eigenvalue weighted by Gasteiger charge is -2.39. The molecule has 0 spiro atoms. The van der Waals surface area contributed by atoms with Crippen LogP contribution in [-0.4, -0.2) is 64.1 Å². The summed E-state index contributed by atoms with van der Waals surface area (Å²) in [5.41, 5.74) is 0. The van der Waals surface area contributed by atoms with Gasteiger partial charge in [-0.3, -0.25) is 0 Å². The van der Waals surface area contributed by atoms with Crippen molar-refractivity contribution in [2.45, 2.75) is 50.0 Å². The largest absolute Gasteiger partial charge is 0.388 e. The van der Waals surface area contributed by atoms with Crippen molar-refractivity contribution in [1.82, 2.24) is 0 Å². The number of unbranched alkanes of at least 4 members (excludes halogenated alkanes) is 2. The zero-order chi connectivity index (χ0) is 13.5. The van der Waals surface area contributed by atoms with Gasteiger partial charge in [0.1, 0.15) is 18.3 Å². The quantitative estimate of drug-likeness (QED) is 0.333. The van der Waals surface area contributed by atoms with E-state index in [4.69, 9.17) is 9.47 Å². The molecule has 1 fully saturated rings. The summed E-state index contributed by atoms with van der Waals surface area (Å²) in [7, 11) is 0. The molecule has 1 saturated heterocycles. The van der Waals surface area contributed by atoms with E-state index in [1.807, 2.05) is 0 Å². The highest BCUT2D eigenvalue weighted by atomic mass is 32.1. The lowest BCUT2D eigenvalue weighted by Crippen LogP contribution is -2.58. The summed E-state index contributed by atoms with van der Waals surface area (Å²) in [6.07, 6.45) is -2.32. The molecule has 108 valence electrons. The normalized spacial score (nSPS) is 36.8. The van der Waals surface area contributed by atoms with E-state index in [0.29, 0.717) is 6.61 Å². The maximum absolute atomic E-state index is 9.73. The molecule has 1 rings (SSSR count). The minimum absolute atomic E-state index is 0.254. The number of aliphatic hydroxyl groups is 3. The Hall–Kier alpha value is 0.500. The Balaban J connectivity index is 2.35. The molecule has 0 aliphatic carbocycles. The molecule has 0 saturated carbocycles. The van der Waals surface area contributed by atoms with Crippen LogP contribution in [0.3, 0.4) is 0 Å². The topological polar surface area (TPSA) is 79.2 Å². The number of hydrogen-bond acceptors (Lipinski definition) is 7. The molecule has 1 aliphatic rings. The van der Waals surface area contributed by atoms with Crippen LogP contribution in [0.5, 0.6) is 0 Å². The first-order chi connectivity index (χ1) is 8.61. The lowest BCUT2D eigenvalue weighted by atomic mass is 10.00. The van der Waals surface area contributed by atoms with Gasteiger partial charge in [0, 0.05) is 12.4 Å². The highest BCUT2D eigenvalue weighted by molar-refractivity contribution is 7.80. The standard InChI is InChI=1S/C11H22O5S2/c12-8-7(6-18)16-11(10(14)9(8)13)15-4-2-1-3-5-17/h7-14,17-18H,1-6H2/t7?,8-,9-,10?,11+/m0/s1. The Morgan fingerprint density at radius 3 is 2.28 bits per heavy atom. The molecule has 0 bridgehead atoms. The van der Waals surface area contributed by atoms with E-state index >= 15 is 0 Å². The van der Waals surface area contributed by atoms with Gasteiger partial charge in [0.25, 0.3) is 0 Å². The van der Waals surface area contributed by atoms with Crippen LogP contribution in [0.1, 0.15) is 19.3 Å². The molecule has 7 heteroatoms. The van der Waals surface area contributed by atoms with Crippen LogP contribution in [0.25, 0.3) is 0 Å². The van der Waals surface area contributed by atoms with Gasteiger partial charge in [-0.25, -0.2) is 0 Å². The van der Waals surface area contributed by atoms with Crippen molar-refractivity contribution < 1.29 is 24.8 Å². The third-order valence-corrected chi connectivity index (χ3v) is 3.61. The van der Waals surface area contributed by atoms with Crippen LogP contribution in [-0.2, 0) is 9.47 Å². The molecule has 5 atom stereocenters. The van der Waals surface area contributed by atoms with Crippen molar-refractivity contribution in [3.8, 4) is 0 Å². The van der Waals surface area contributed by atoms with Crippen molar-refractivity contribution in [1.29, 1.82) is 0 Å². The third kappa shape index (κ3) is 4.56. The van der Waals surface area contributed by atoms with Crippen LogP contribution in [0.4, 0.5) is 0 Å². The number of thiol groups is 2. The molecule has 0 aromatic carbocycles. The van der Waals surface area contributed by atoms with Crippen LogP contribution < -0.4 is 0 Å². The lowest BCUT2D eigenvalue weighted by molar-refractivity contribution is -0.292. The molecular weight excluding hydrogens is 276 g/mol. The molecule has 0 radical (unpaired) electrons. The monoisotopic (exact) mass is 298 g/mol. The zero-order valence-electron chi connectivity index (χ0n) is 10.2. The van der Waals surface area contributed by atoms with E-state index in [1.54, 1.807) is 0 Å². The molecule has 0 aromatic heterocycles. The summed E-state index contributed by atoms with van der Waals surface area (Å²) in [4.78, 5) is 0. The second-order valence-electron chi connectivity index (χ2n) is 4.35. The van der Waals surface area contributed by atoms with E-state index in [9.17, 15) is 15.3 Å². The van der Waals surface area contributed by atoms with Crippen LogP contribution >= 0.6 is 25.3 Å². The molecular formula is C11H22O5S2. The Labute approximate surface area is 118 Å². The van der Waals surface area contributed by atoms with E-state index in [0.717, 1.165) is 25.0 Å². The number of aliphatic hydroxyl groups excluding tert-OH is 3. The molecule has 18 heavy (non-hydrogen) atoms. The maximum Gasteiger partial charge on any atom is 0.186 e. The minimum atomic E-state index is -1.27. The Kier molecular flexibility index (Phi) is 7.93. The van der Waals surface area contributed by atoms with E-state index in [-0.39, 0.29) is 5.75 Å². The zero-order valence-corrected chi connectivity index (χ0v) is 12.0. The predicted octanol–water partition coefficient (Wildman–Crippen LogP) is -0.159. The average Bonchev–Trinajstić information content (AvgIpc) is 2.38. The molecule has 1 aliphatic heterocycles. The second-order valence-corrected chi connectivity index (χ2v) is 5.16. The van der Waals surface area contributed by atoms with Gasteiger partial charge in [-0.15, -0.1) is 0 Å². The summed E-state index contributed by atoms with van der Waals surface area (Å²) in [5, 5.41) is 29.0. The second kappa shape index (κ2) is 8.63. The summed E-state index contributed by atoms with van der Waals surface area (Å²) in [5.74, 6) is 1.10. The fourth-order valence-electron chi connectivity index (χ4n) is 1.80. The highest BCUT2D eigenvalue weighted by Crippen LogP contribution is 2.23. The van der Waals surface area contributed by atoms with Crippen LogP contribution in [0, 0.1) is 0 Å². The van der Waals surface area contributed by atoms with Gasteiger partial charge in [0.2, 0.25) is 0 Å². The Morgan fingerprint density at radius 1 is 0.944 bits per heavy atom. The predicted molar refractivity (Wildman–Crippen MR) is 74.2 cm³/mol. The van der Waals surface area contributed by atoms with Gasteiger partial charge < -0.3 is 24.8 Å². The van der Waals surface area contributed by atoms with Gasteiger partial charge in [-0.1, -0.05) is 6.42 Å². The number of hydrogen-bond donors (Lipinski definition) is 5. The van der Waals surface area contributed by atoms with Crippen molar-refractivity contribution in [2.75, 3.05) is 18.1 Å². The van der Waals surface area contributed by atoms with E-state index in [1.165, 1.54) is 0 Å². The van der Waals surface area contributed by atoms with Crippen molar-refractivity contribution in [3.63, 3.8) is 0 Å². The summed E-state index contributed by atoms with van der Waals surface area (Å²) >= 11 is 8.14. The smallest absolute Gasteiger partial charge is 0.186 e. The first-order valence-electron chi connectivity index (χ1n) is 6.14. The summed E-state index contributed by atoms with van der Waals surface area (Å²) in [6.45, 7) is 0.442. The highest BCUT2D eigenvalue weighted by Gasteiger charge is 2.43. The van der Waals surface area contributed by atoms with E-state index in [2.05, 4.69) is 25.3 Å². The van der Waals surface area contributed by atoms with Gasteiger partial charge >= 0.3 is 0 Å². The molecule has 5 nitrogen and oxygen atoms in total. The van der Waals surface area contributed by atoms with Crippen molar-refractivity contribution in [3.05, 3.63) is 0 Å². The van der Waals surface area contributed by atoms with E-state index < -0.39 is 30.7 Å². The van der Waals surface area contributed by atoms with Gasteiger partial charge in [0.15, 0.2) is 6.29 Å². The molecule has 3 N–H and O–H groups in total. The molecule has 0 aromatic rings. The summed E-state index contributed by atoms with van der Waals surface area (Å²) in [6, 6.07) is 0. The number of rotatable bonds is 7. The Morgan fingerprint density at radius 2 is 1.67 bits per heavy atom. The van der Waals surface area contributed by atoms with Gasteiger partial charge in [0.05, 0.1) is 6.10 Å². The van der Waals surface area contributed by atoms with Crippen LogP contribution in [0.2, 0.25) is 0 Å². The first-order valence-corrected chi connectivity index (χ1v) is 7.41. The third-order valence-electron chi connectivity index (χ3n) is 2.93. The minimum Gasteiger partial charge on any atom is -0.388 e. The molecule has 0 amide bonds. The van der Waals surface area contributed by atoms with Gasteiger partial charge in [-0.2, -0.15) is 25.3 Å². The number of ether oxygens (including phenoxy) is 2. The SMILES string of the molecule is OC1[C@H](OCCCCCS)OC(CS)[C@H](O)[C@@H]1O. The van der Waals surface area contributed by atoms with Crippen molar-refractivity contribution >= 4 is 25.3 Å². The van der Waals surface area contributed by atoms with Gasteiger partial charge in [-0.05, 0) is 18.6 Å². The fourth-order valence-corrected chi connectivity index (χ4v) is 2.32.